The Bertz CT molecular complexity index is 1210. The van der Waals surface area contributed by atoms with Gasteiger partial charge in [-0.15, -0.1) is 0 Å². The van der Waals surface area contributed by atoms with Crippen molar-refractivity contribution in [2.75, 3.05) is 16.2 Å². The van der Waals surface area contributed by atoms with Gasteiger partial charge in [0.2, 0.25) is 0 Å². The lowest BCUT2D eigenvalue weighted by Crippen LogP contribution is -2.35. The second-order valence-corrected chi connectivity index (χ2v) is 9.39. The molecule has 30 heavy (non-hydrogen) atoms. The summed E-state index contributed by atoms with van der Waals surface area (Å²) in [7, 11) is -3.78. The minimum Gasteiger partial charge on any atom is -0.308 e. The fourth-order valence-corrected chi connectivity index (χ4v) is 4.92. The number of benzene rings is 3. The number of hydrogen-bond donors (Lipinski definition) is 1. The molecule has 0 spiro atoms. The number of anilines is 2. The average molecular weight is 441 g/mol. The molecule has 0 unspecified atom stereocenters. The Morgan fingerprint density at radius 3 is 2.50 bits per heavy atom. The normalized spacial score (nSPS) is 13.6. The van der Waals surface area contributed by atoms with Gasteiger partial charge in [0.25, 0.3) is 15.9 Å². The monoisotopic (exact) mass is 440 g/mol. The summed E-state index contributed by atoms with van der Waals surface area (Å²) < 4.78 is 27.7. The number of carbonyl (C=O) groups excluding carboxylic acids is 1. The smallest absolute Gasteiger partial charge is 0.261 e. The maximum atomic E-state index is 13.1. The number of nitrogens with one attached hydrogen (secondary N) is 1. The highest BCUT2D eigenvalue weighted by Gasteiger charge is 2.24. The second kappa shape index (κ2) is 8.13. The van der Waals surface area contributed by atoms with E-state index in [1.54, 1.807) is 23.1 Å². The van der Waals surface area contributed by atoms with Gasteiger partial charge < -0.3 is 4.90 Å². The first-order chi connectivity index (χ1) is 14.3. The van der Waals surface area contributed by atoms with Crippen molar-refractivity contribution in [3.63, 3.8) is 0 Å². The van der Waals surface area contributed by atoms with Gasteiger partial charge in [0, 0.05) is 17.8 Å². The van der Waals surface area contributed by atoms with E-state index in [-0.39, 0.29) is 21.5 Å². The Labute approximate surface area is 181 Å². The lowest BCUT2D eigenvalue weighted by Gasteiger charge is -2.29. The van der Waals surface area contributed by atoms with Gasteiger partial charge in [0.05, 0.1) is 15.6 Å². The molecular weight excluding hydrogens is 420 g/mol. The van der Waals surface area contributed by atoms with Crippen LogP contribution in [0.15, 0.2) is 71.6 Å². The molecular formula is C23H21ClN2O3S. The van der Waals surface area contributed by atoms with Crippen LogP contribution in [0.1, 0.15) is 27.9 Å². The highest BCUT2D eigenvalue weighted by atomic mass is 35.5. The Balaban J connectivity index is 1.58. The van der Waals surface area contributed by atoms with Crippen molar-refractivity contribution in [3.8, 4) is 0 Å². The van der Waals surface area contributed by atoms with Gasteiger partial charge in [-0.3, -0.25) is 9.52 Å². The summed E-state index contributed by atoms with van der Waals surface area (Å²) in [5.74, 6) is -0.156. The number of nitrogens with zero attached hydrogens (tertiary/aromatic N) is 1. The van der Waals surface area contributed by atoms with Crippen LogP contribution in [0.5, 0.6) is 0 Å². The molecule has 1 aliphatic heterocycles. The van der Waals surface area contributed by atoms with Crippen molar-refractivity contribution in [2.24, 2.45) is 0 Å². The van der Waals surface area contributed by atoms with Crippen LogP contribution >= 0.6 is 11.6 Å². The molecule has 0 atom stereocenters. The zero-order valence-electron chi connectivity index (χ0n) is 16.4. The number of carbonyl (C=O) groups is 1. The Hall–Kier alpha value is -2.83. The molecule has 4 rings (SSSR count). The maximum absolute atomic E-state index is 13.1. The van der Waals surface area contributed by atoms with Gasteiger partial charge in [-0.25, -0.2) is 8.42 Å². The van der Waals surface area contributed by atoms with Crippen LogP contribution in [-0.2, 0) is 16.4 Å². The Morgan fingerprint density at radius 2 is 1.77 bits per heavy atom. The number of halogens is 1. The molecule has 7 heteroatoms. The summed E-state index contributed by atoms with van der Waals surface area (Å²) >= 11 is 6.33. The van der Waals surface area contributed by atoms with Crippen molar-refractivity contribution in [1.29, 1.82) is 0 Å². The summed E-state index contributed by atoms with van der Waals surface area (Å²) in [4.78, 5) is 15.0. The molecule has 3 aromatic rings. The van der Waals surface area contributed by atoms with E-state index in [4.69, 9.17) is 11.6 Å². The first-order valence-electron chi connectivity index (χ1n) is 9.64. The molecule has 0 fully saturated rings. The van der Waals surface area contributed by atoms with Gasteiger partial charge in [-0.05, 0) is 61.7 Å². The van der Waals surface area contributed by atoms with Crippen LogP contribution in [0.25, 0.3) is 0 Å². The minimum absolute atomic E-state index is 0.147. The van der Waals surface area contributed by atoms with Gasteiger partial charge in [-0.2, -0.15) is 0 Å². The molecule has 0 radical (unpaired) electrons. The van der Waals surface area contributed by atoms with Gasteiger partial charge in [0.1, 0.15) is 0 Å². The highest BCUT2D eigenvalue weighted by molar-refractivity contribution is 7.92. The predicted octanol–water partition coefficient (Wildman–Crippen LogP) is 5.04. The zero-order chi connectivity index (χ0) is 21.3. The van der Waals surface area contributed by atoms with Gasteiger partial charge >= 0.3 is 0 Å². The summed E-state index contributed by atoms with van der Waals surface area (Å²) in [6.45, 7) is 2.52. The second-order valence-electron chi connectivity index (χ2n) is 7.30. The lowest BCUT2D eigenvalue weighted by atomic mass is 10.0. The quantitative estimate of drug-likeness (QED) is 0.617. The standard InChI is InChI=1S/C23H21ClN2O3S/c1-16-8-11-19(12-9-16)30(28,29)25-21-13-10-18(15-20(21)24)23(27)26-14-4-6-17-5-2-3-7-22(17)26/h2-3,5,7-13,15,25H,4,6,14H2,1H3. The topological polar surface area (TPSA) is 66.5 Å². The third kappa shape index (κ3) is 4.06. The fraction of sp³-hybridized carbons (Fsp3) is 0.174. The lowest BCUT2D eigenvalue weighted by molar-refractivity contribution is 0.0985. The molecule has 0 bridgehead atoms. The van der Waals surface area contributed by atoms with Crippen molar-refractivity contribution < 1.29 is 13.2 Å². The van der Waals surface area contributed by atoms with E-state index < -0.39 is 10.0 Å². The third-order valence-electron chi connectivity index (χ3n) is 5.15. The number of amides is 1. The van der Waals surface area contributed by atoms with Crippen LogP contribution in [0, 0.1) is 6.92 Å². The summed E-state index contributed by atoms with van der Waals surface area (Å²) in [6, 6.07) is 19.0. The van der Waals surface area contributed by atoms with Gasteiger partial charge in [0.15, 0.2) is 0 Å². The molecule has 0 aliphatic carbocycles. The number of hydrogen-bond acceptors (Lipinski definition) is 3. The molecule has 0 saturated heterocycles. The molecule has 0 saturated carbocycles. The van der Waals surface area contributed by atoms with E-state index in [9.17, 15) is 13.2 Å². The van der Waals surface area contributed by atoms with E-state index in [0.717, 1.165) is 29.7 Å². The third-order valence-corrected chi connectivity index (χ3v) is 6.84. The van der Waals surface area contributed by atoms with E-state index >= 15 is 0 Å². The fourth-order valence-electron chi connectivity index (χ4n) is 3.55. The van der Waals surface area contributed by atoms with E-state index in [0.29, 0.717) is 12.1 Å². The summed E-state index contributed by atoms with van der Waals surface area (Å²) in [5.41, 5.74) is 3.66. The largest absolute Gasteiger partial charge is 0.308 e. The average Bonchev–Trinajstić information content (AvgIpc) is 2.74. The molecule has 0 aromatic heterocycles. The van der Waals surface area contributed by atoms with Crippen LogP contribution in [0.4, 0.5) is 11.4 Å². The molecule has 5 nitrogen and oxygen atoms in total. The molecule has 154 valence electrons. The summed E-state index contributed by atoms with van der Waals surface area (Å²) in [6.07, 6.45) is 1.84. The predicted molar refractivity (Wildman–Crippen MR) is 120 cm³/mol. The first-order valence-corrected chi connectivity index (χ1v) is 11.5. The maximum Gasteiger partial charge on any atom is 0.261 e. The minimum atomic E-state index is -3.78. The van der Waals surface area contributed by atoms with E-state index in [2.05, 4.69) is 4.72 Å². The van der Waals surface area contributed by atoms with E-state index in [1.807, 2.05) is 31.2 Å². The summed E-state index contributed by atoms with van der Waals surface area (Å²) in [5, 5.41) is 0.168. The van der Waals surface area contributed by atoms with Crippen LogP contribution < -0.4 is 9.62 Å². The molecule has 1 N–H and O–H groups in total. The number of rotatable bonds is 4. The van der Waals surface area contributed by atoms with Crippen molar-refractivity contribution in [3.05, 3.63) is 88.4 Å². The number of para-hydroxylation sites is 1. The Morgan fingerprint density at radius 1 is 1.03 bits per heavy atom. The van der Waals surface area contributed by atoms with E-state index in [1.165, 1.54) is 24.3 Å². The molecule has 1 aliphatic rings. The van der Waals surface area contributed by atoms with Crippen LogP contribution in [0.3, 0.4) is 0 Å². The van der Waals surface area contributed by atoms with Crippen LogP contribution in [0.2, 0.25) is 5.02 Å². The number of aryl methyl sites for hydroxylation is 2. The van der Waals surface area contributed by atoms with Crippen LogP contribution in [-0.4, -0.2) is 20.9 Å². The molecule has 3 aromatic carbocycles. The number of sulfonamides is 1. The van der Waals surface area contributed by atoms with Crippen molar-refractivity contribution in [2.45, 2.75) is 24.7 Å². The number of fused-ring (bicyclic) bond motifs is 1. The zero-order valence-corrected chi connectivity index (χ0v) is 18.0. The first kappa shape index (κ1) is 20.4. The highest BCUT2D eigenvalue weighted by Crippen LogP contribution is 2.30. The molecule has 1 amide bonds. The Kier molecular flexibility index (Phi) is 5.54. The SMILES string of the molecule is Cc1ccc(S(=O)(=O)Nc2ccc(C(=O)N3CCCc4ccccc43)cc2Cl)cc1. The van der Waals surface area contributed by atoms with Crippen molar-refractivity contribution >= 4 is 38.9 Å². The van der Waals surface area contributed by atoms with Crippen molar-refractivity contribution in [1.82, 2.24) is 0 Å². The van der Waals surface area contributed by atoms with Gasteiger partial charge in [-0.1, -0.05) is 47.5 Å². The molecule has 1 heterocycles.